The molecule has 7 nitrogen and oxygen atoms in total. The monoisotopic (exact) mass is 341 g/mol. The fraction of sp³-hybridized carbons (Fsp3) is 0.389. The van der Waals surface area contributed by atoms with Crippen molar-refractivity contribution >= 4 is 17.6 Å². The van der Waals surface area contributed by atoms with Crippen LogP contribution in [0.3, 0.4) is 0 Å². The molecule has 0 saturated carbocycles. The van der Waals surface area contributed by atoms with Crippen LogP contribution in [0.1, 0.15) is 35.8 Å². The summed E-state index contributed by atoms with van der Waals surface area (Å²) in [6.07, 6.45) is 1.85. The first-order chi connectivity index (χ1) is 12.1. The van der Waals surface area contributed by atoms with Crippen molar-refractivity contribution in [1.82, 2.24) is 20.4 Å². The van der Waals surface area contributed by atoms with E-state index < -0.39 is 0 Å². The zero-order chi connectivity index (χ0) is 17.8. The summed E-state index contributed by atoms with van der Waals surface area (Å²) < 4.78 is 0. The minimum atomic E-state index is -0.244. The quantitative estimate of drug-likeness (QED) is 0.798. The fourth-order valence-corrected chi connectivity index (χ4v) is 3.34. The second-order valence-electron chi connectivity index (χ2n) is 6.27. The molecule has 132 valence electrons. The van der Waals surface area contributed by atoms with Crippen LogP contribution in [0, 0.1) is 13.8 Å². The molecule has 3 amide bonds. The number of hydrogen-bond donors (Lipinski definition) is 3. The number of aromatic amines is 1. The average Bonchev–Trinajstić information content (AvgIpc) is 3.20. The normalized spacial score (nSPS) is 16.7. The highest BCUT2D eigenvalue weighted by Gasteiger charge is 2.33. The molecule has 1 saturated heterocycles. The number of aromatic nitrogens is 2. The third-order valence-electron chi connectivity index (χ3n) is 4.49. The molecule has 1 aliphatic heterocycles. The van der Waals surface area contributed by atoms with Crippen molar-refractivity contribution in [3.63, 3.8) is 0 Å². The number of amides is 3. The molecule has 1 atom stereocenters. The molecule has 1 unspecified atom stereocenters. The van der Waals surface area contributed by atoms with Gasteiger partial charge in [-0.3, -0.25) is 9.89 Å². The highest BCUT2D eigenvalue weighted by molar-refractivity contribution is 5.94. The number of likely N-dealkylation sites (tertiary alicyclic amines) is 1. The molecule has 0 radical (unpaired) electrons. The number of rotatable bonds is 4. The molecule has 1 aliphatic rings. The van der Waals surface area contributed by atoms with Crippen LogP contribution in [-0.4, -0.2) is 40.1 Å². The first kappa shape index (κ1) is 17.0. The molecule has 2 aromatic rings. The van der Waals surface area contributed by atoms with E-state index in [-0.39, 0.29) is 24.5 Å². The van der Waals surface area contributed by atoms with Crippen LogP contribution in [0.2, 0.25) is 0 Å². The Hall–Kier alpha value is -2.83. The molecule has 0 aliphatic carbocycles. The van der Waals surface area contributed by atoms with Crippen molar-refractivity contribution in [2.24, 2.45) is 0 Å². The maximum absolute atomic E-state index is 12.5. The Morgan fingerprint density at radius 2 is 2.04 bits per heavy atom. The fourth-order valence-electron chi connectivity index (χ4n) is 3.34. The summed E-state index contributed by atoms with van der Waals surface area (Å²) in [5.41, 5.74) is 3.71. The first-order valence-corrected chi connectivity index (χ1v) is 8.47. The lowest BCUT2D eigenvalue weighted by Crippen LogP contribution is -2.42. The van der Waals surface area contributed by atoms with Gasteiger partial charge in [0.2, 0.25) is 5.91 Å². The smallest absolute Gasteiger partial charge is 0.318 e. The van der Waals surface area contributed by atoms with Crippen molar-refractivity contribution in [3.05, 3.63) is 47.3 Å². The van der Waals surface area contributed by atoms with E-state index in [1.54, 1.807) is 17.0 Å². The van der Waals surface area contributed by atoms with Gasteiger partial charge in [0.15, 0.2) is 0 Å². The number of H-pyrrole nitrogens is 1. The third kappa shape index (κ3) is 3.81. The second kappa shape index (κ2) is 7.38. The minimum Gasteiger partial charge on any atom is -0.329 e. The first-order valence-electron chi connectivity index (χ1n) is 8.47. The molecule has 7 heteroatoms. The summed E-state index contributed by atoms with van der Waals surface area (Å²) in [5, 5.41) is 12.7. The van der Waals surface area contributed by atoms with E-state index >= 15 is 0 Å². The molecule has 3 N–H and O–H groups in total. The number of aryl methyl sites for hydroxylation is 2. The van der Waals surface area contributed by atoms with Crippen LogP contribution >= 0.6 is 0 Å². The Kier molecular flexibility index (Phi) is 5.02. The zero-order valence-electron chi connectivity index (χ0n) is 14.5. The van der Waals surface area contributed by atoms with Gasteiger partial charge in [0.05, 0.1) is 18.3 Å². The van der Waals surface area contributed by atoms with Gasteiger partial charge in [-0.15, -0.1) is 0 Å². The number of anilines is 1. The molecule has 1 aromatic carbocycles. The topological polar surface area (TPSA) is 90.1 Å². The highest BCUT2D eigenvalue weighted by Crippen LogP contribution is 2.34. The van der Waals surface area contributed by atoms with Gasteiger partial charge in [-0.1, -0.05) is 18.2 Å². The van der Waals surface area contributed by atoms with E-state index in [9.17, 15) is 9.59 Å². The minimum absolute atomic E-state index is 0.0101. The lowest BCUT2D eigenvalue weighted by molar-refractivity contribution is -0.115. The van der Waals surface area contributed by atoms with Crippen molar-refractivity contribution in [1.29, 1.82) is 0 Å². The molecule has 0 spiro atoms. The third-order valence-corrected chi connectivity index (χ3v) is 4.49. The molecule has 25 heavy (non-hydrogen) atoms. The number of nitrogens with zero attached hydrogens (tertiary/aromatic N) is 2. The summed E-state index contributed by atoms with van der Waals surface area (Å²) in [5.74, 6) is -0.244. The lowest BCUT2D eigenvalue weighted by atomic mass is 10.0. The van der Waals surface area contributed by atoms with Gasteiger partial charge in [-0.25, -0.2) is 4.79 Å². The molecular formula is C18H23N5O2. The Morgan fingerprint density at radius 1 is 1.28 bits per heavy atom. The van der Waals surface area contributed by atoms with Crippen LogP contribution in [0.15, 0.2) is 30.3 Å². The second-order valence-corrected chi connectivity index (χ2v) is 6.27. The van der Waals surface area contributed by atoms with Crippen LogP contribution in [-0.2, 0) is 4.79 Å². The number of carbonyl (C=O) groups excluding carboxylic acids is 2. The van der Waals surface area contributed by atoms with Gasteiger partial charge in [0, 0.05) is 23.5 Å². The van der Waals surface area contributed by atoms with E-state index in [0.29, 0.717) is 12.2 Å². The van der Waals surface area contributed by atoms with Crippen LogP contribution in [0.25, 0.3) is 0 Å². The number of benzene rings is 1. The maximum atomic E-state index is 12.5. The van der Waals surface area contributed by atoms with Gasteiger partial charge in [-0.2, -0.15) is 5.10 Å². The predicted molar refractivity (Wildman–Crippen MR) is 95.2 cm³/mol. The number of carbonyl (C=O) groups is 2. The summed E-state index contributed by atoms with van der Waals surface area (Å²) in [7, 11) is 0. The standard InChI is InChI=1S/C18H23N5O2/c1-12-17(13(2)22-21-12)15-9-6-10-23(15)18(25)19-11-16(24)20-14-7-4-3-5-8-14/h3-5,7-8,15H,6,9-11H2,1-2H3,(H,19,25)(H,20,24)(H,21,22). The summed E-state index contributed by atoms with van der Waals surface area (Å²) in [6.45, 7) is 4.54. The number of hydrogen-bond acceptors (Lipinski definition) is 3. The van der Waals surface area contributed by atoms with Gasteiger partial charge in [0.1, 0.15) is 0 Å². The summed E-state index contributed by atoms with van der Waals surface area (Å²) in [4.78, 5) is 26.3. The zero-order valence-corrected chi connectivity index (χ0v) is 14.5. The molecule has 0 bridgehead atoms. The van der Waals surface area contributed by atoms with Gasteiger partial charge < -0.3 is 15.5 Å². The van der Waals surface area contributed by atoms with E-state index in [1.807, 2.05) is 32.0 Å². The van der Waals surface area contributed by atoms with E-state index in [0.717, 1.165) is 29.8 Å². The number of para-hydroxylation sites is 1. The van der Waals surface area contributed by atoms with Crippen molar-refractivity contribution < 1.29 is 9.59 Å². The Bertz CT molecular complexity index is 737. The Morgan fingerprint density at radius 3 is 2.72 bits per heavy atom. The largest absolute Gasteiger partial charge is 0.329 e. The molecule has 3 rings (SSSR count). The number of nitrogens with one attached hydrogen (secondary N) is 3. The van der Waals surface area contributed by atoms with Crippen molar-refractivity contribution in [2.75, 3.05) is 18.4 Å². The Labute approximate surface area is 146 Å². The number of urea groups is 1. The molecule has 1 aromatic heterocycles. The molecule has 2 heterocycles. The molecular weight excluding hydrogens is 318 g/mol. The lowest BCUT2D eigenvalue weighted by Gasteiger charge is -2.25. The van der Waals surface area contributed by atoms with Crippen LogP contribution in [0.5, 0.6) is 0 Å². The van der Waals surface area contributed by atoms with E-state index in [4.69, 9.17) is 0 Å². The van der Waals surface area contributed by atoms with E-state index in [2.05, 4.69) is 20.8 Å². The predicted octanol–water partition coefficient (Wildman–Crippen LogP) is 2.51. The van der Waals surface area contributed by atoms with Gasteiger partial charge in [-0.05, 0) is 38.8 Å². The van der Waals surface area contributed by atoms with Crippen LogP contribution in [0.4, 0.5) is 10.5 Å². The SMILES string of the molecule is Cc1n[nH]c(C)c1C1CCCN1C(=O)NCC(=O)Nc1ccccc1. The van der Waals surface area contributed by atoms with Gasteiger partial charge >= 0.3 is 6.03 Å². The Balaban J connectivity index is 1.58. The maximum Gasteiger partial charge on any atom is 0.318 e. The summed E-state index contributed by atoms with van der Waals surface area (Å²) >= 11 is 0. The average molecular weight is 341 g/mol. The summed E-state index contributed by atoms with van der Waals surface area (Å²) in [6, 6.07) is 8.98. The van der Waals surface area contributed by atoms with Crippen LogP contribution < -0.4 is 10.6 Å². The van der Waals surface area contributed by atoms with Crippen molar-refractivity contribution in [3.8, 4) is 0 Å². The highest BCUT2D eigenvalue weighted by atomic mass is 16.2. The molecule has 1 fully saturated rings. The van der Waals surface area contributed by atoms with Gasteiger partial charge in [0.25, 0.3) is 0 Å². The van der Waals surface area contributed by atoms with Crippen molar-refractivity contribution in [2.45, 2.75) is 32.7 Å². The van der Waals surface area contributed by atoms with E-state index in [1.165, 1.54) is 0 Å².